The van der Waals surface area contributed by atoms with Gasteiger partial charge in [-0.15, -0.1) is 0 Å². The third-order valence-corrected chi connectivity index (χ3v) is 3.68. The molecule has 2 rings (SSSR count). The molecule has 1 N–H and O–H groups in total. The zero-order valence-corrected chi connectivity index (χ0v) is 11.0. The van der Waals surface area contributed by atoms with Crippen molar-refractivity contribution in [3.05, 3.63) is 35.4 Å². The molecule has 1 saturated heterocycles. The van der Waals surface area contributed by atoms with Crippen LogP contribution in [0.1, 0.15) is 30.1 Å². The first kappa shape index (κ1) is 14.4. The van der Waals surface area contributed by atoms with Crippen LogP contribution in [0.2, 0.25) is 0 Å². The molecule has 1 aliphatic heterocycles. The van der Waals surface area contributed by atoms with Crippen LogP contribution in [0.15, 0.2) is 18.2 Å². The highest BCUT2D eigenvalue weighted by Crippen LogP contribution is 2.25. The number of piperidine rings is 1. The molecule has 1 fully saturated rings. The molecule has 1 aromatic rings. The minimum Gasteiger partial charge on any atom is -0.481 e. The van der Waals surface area contributed by atoms with Gasteiger partial charge in [-0.05, 0) is 31.9 Å². The Labute approximate surface area is 115 Å². The monoisotopic (exact) mass is 283 g/mol. The second kappa shape index (κ2) is 5.56. The predicted octanol–water partition coefficient (Wildman–Crippen LogP) is 2.29. The molecule has 0 bridgehead atoms. The van der Waals surface area contributed by atoms with Gasteiger partial charge in [0.05, 0.1) is 5.92 Å². The molecule has 4 nitrogen and oxygen atoms in total. The van der Waals surface area contributed by atoms with E-state index in [1.807, 2.05) is 0 Å². The average Bonchev–Trinajstić information content (AvgIpc) is 2.36. The number of rotatable bonds is 2. The van der Waals surface area contributed by atoms with E-state index in [2.05, 4.69) is 0 Å². The number of halogens is 2. The van der Waals surface area contributed by atoms with E-state index in [-0.39, 0.29) is 5.56 Å². The first-order valence-corrected chi connectivity index (χ1v) is 6.40. The van der Waals surface area contributed by atoms with Crippen LogP contribution in [0.4, 0.5) is 8.78 Å². The molecule has 0 spiro atoms. The van der Waals surface area contributed by atoms with Gasteiger partial charge in [0.1, 0.15) is 11.6 Å². The van der Waals surface area contributed by atoms with E-state index < -0.39 is 35.5 Å². The number of carboxylic acids is 1. The fourth-order valence-corrected chi connectivity index (χ4v) is 2.60. The maximum absolute atomic E-state index is 13.2. The SMILES string of the molecule is C[C@@H]1[C@H](C(=O)O)CCCN1C(=O)c1cc(F)cc(F)c1. The molecule has 1 aliphatic rings. The summed E-state index contributed by atoms with van der Waals surface area (Å²) in [6.45, 7) is 2.04. The highest BCUT2D eigenvalue weighted by molar-refractivity contribution is 5.94. The summed E-state index contributed by atoms with van der Waals surface area (Å²) in [5.41, 5.74) is -0.0969. The smallest absolute Gasteiger partial charge is 0.308 e. The van der Waals surface area contributed by atoms with Crippen LogP contribution in [0, 0.1) is 17.6 Å². The molecule has 0 saturated carbocycles. The lowest BCUT2D eigenvalue weighted by molar-refractivity contribution is -0.144. The number of hydrogen-bond donors (Lipinski definition) is 1. The number of amides is 1. The van der Waals surface area contributed by atoms with Crippen molar-refractivity contribution in [2.75, 3.05) is 6.54 Å². The lowest BCUT2D eigenvalue weighted by Crippen LogP contribution is -2.49. The molecule has 1 heterocycles. The summed E-state index contributed by atoms with van der Waals surface area (Å²) in [7, 11) is 0. The van der Waals surface area contributed by atoms with Gasteiger partial charge in [0.2, 0.25) is 0 Å². The molecule has 6 heteroatoms. The average molecular weight is 283 g/mol. The van der Waals surface area contributed by atoms with E-state index in [0.717, 1.165) is 12.1 Å². The Hall–Kier alpha value is -1.98. The molecule has 0 aromatic heterocycles. The van der Waals surface area contributed by atoms with Crippen LogP contribution in [-0.2, 0) is 4.79 Å². The van der Waals surface area contributed by atoms with E-state index in [1.54, 1.807) is 6.92 Å². The van der Waals surface area contributed by atoms with Crippen molar-refractivity contribution in [3.8, 4) is 0 Å². The standard InChI is InChI=1S/C14H15F2NO3/c1-8-12(14(19)20)3-2-4-17(8)13(18)9-5-10(15)7-11(16)6-9/h5-8,12H,2-4H2,1H3,(H,19,20)/t8-,12-/m1/s1. The van der Waals surface area contributed by atoms with Crippen molar-refractivity contribution in [2.45, 2.75) is 25.8 Å². The summed E-state index contributed by atoms with van der Waals surface area (Å²) in [6, 6.07) is 2.11. The second-order valence-corrected chi connectivity index (χ2v) is 4.98. The van der Waals surface area contributed by atoms with Gasteiger partial charge >= 0.3 is 5.97 Å². The number of likely N-dealkylation sites (tertiary alicyclic amines) is 1. The van der Waals surface area contributed by atoms with E-state index in [0.29, 0.717) is 25.5 Å². The minimum absolute atomic E-state index is 0.0969. The van der Waals surface area contributed by atoms with E-state index in [1.165, 1.54) is 4.90 Å². The van der Waals surface area contributed by atoms with Gasteiger partial charge < -0.3 is 10.0 Å². The van der Waals surface area contributed by atoms with Crippen molar-refractivity contribution in [1.82, 2.24) is 4.90 Å². The molecule has 20 heavy (non-hydrogen) atoms. The highest BCUT2D eigenvalue weighted by atomic mass is 19.1. The molecule has 0 radical (unpaired) electrons. The number of carbonyl (C=O) groups is 2. The van der Waals surface area contributed by atoms with E-state index in [9.17, 15) is 18.4 Å². The van der Waals surface area contributed by atoms with Crippen molar-refractivity contribution in [2.24, 2.45) is 5.92 Å². The summed E-state index contributed by atoms with van der Waals surface area (Å²) in [5, 5.41) is 9.11. The van der Waals surface area contributed by atoms with Crippen molar-refractivity contribution in [3.63, 3.8) is 0 Å². The Morgan fingerprint density at radius 3 is 2.40 bits per heavy atom. The minimum atomic E-state index is -0.958. The fraction of sp³-hybridized carbons (Fsp3) is 0.429. The first-order chi connectivity index (χ1) is 9.40. The number of aliphatic carboxylic acids is 1. The maximum Gasteiger partial charge on any atom is 0.308 e. The normalized spacial score (nSPS) is 22.6. The van der Waals surface area contributed by atoms with E-state index in [4.69, 9.17) is 5.11 Å². The third-order valence-electron chi connectivity index (χ3n) is 3.68. The van der Waals surface area contributed by atoms with Gasteiger partial charge in [-0.3, -0.25) is 9.59 Å². The predicted molar refractivity (Wildman–Crippen MR) is 67.2 cm³/mol. The molecule has 1 aromatic carbocycles. The van der Waals surface area contributed by atoms with Gasteiger partial charge in [0.15, 0.2) is 0 Å². The Morgan fingerprint density at radius 2 is 1.85 bits per heavy atom. The first-order valence-electron chi connectivity index (χ1n) is 6.40. The largest absolute Gasteiger partial charge is 0.481 e. The molecule has 2 atom stereocenters. The Kier molecular flexibility index (Phi) is 4.01. The van der Waals surface area contributed by atoms with Crippen LogP contribution in [0.3, 0.4) is 0 Å². The van der Waals surface area contributed by atoms with Gasteiger partial charge in [-0.2, -0.15) is 0 Å². The summed E-state index contributed by atoms with van der Waals surface area (Å²) in [4.78, 5) is 24.8. The zero-order valence-electron chi connectivity index (χ0n) is 11.0. The third kappa shape index (κ3) is 2.79. The number of carboxylic acid groups (broad SMARTS) is 1. The van der Waals surface area contributed by atoms with Crippen molar-refractivity contribution < 1.29 is 23.5 Å². The molecule has 0 aliphatic carbocycles. The van der Waals surface area contributed by atoms with Gasteiger partial charge in [0, 0.05) is 24.2 Å². The molecule has 0 unspecified atom stereocenters. The van der Waals surface area contributed by atoms with Crippen LogP contribution in [0.25, 0.3) is 0 Å². The van der Waals surface area contributed by atoms with Crippen LogP contribution in [0.5, 0.6) is 0 Å². The number of nitrogens with zero attached hydrogens (tertiary/aromatic N) is 1. The highest BCUT2D eigenvalue weighted by Gasteiger charge is 2.35. The van der Waals surface area contributed by atoms with Crippen molar-refractivity contribution in [1.29, 1.82) is 0 Å². The molecule has 108 valence electrons. The number of hydrogen-bond acceptors (Lipinski definition) is 2. The van der Waals surface area contributed by atoms with Crippen LogP contribution >= 0.6 is 0 Å². The van der Waals surface area contributed by atoms with Crippen molar-refractivity contribution >= 4 is 11.9 Å². The summed E-state index contributed by atoms with van der Waals surface area (Å²) < 4.78 is 26.3. The quantitative estimate of drug-likeness (QED) is 0.906. The molecular weight excluding hydrogens is 268 g/mol. The Bertz CT molecular complexity index is 527. The topological polar surface area (TPSA) is 57.6 Å². The van der Waals surface area contributed by atoms with Crippen LogP contribution in [-0.4, -0.2) is 34.5 Å². The maximum atomic E-state index is 13.2. The molecule has 1 amide bonds. The van der Waals surface area contributed by atoms with E-state index >= 15 is 0 Å². The van der Waals surface area contributed by atoms with Crippen LogP contribution < -0.4 is 0 Å². The summed E-state index contributed by atoms with van der Waals surface area (Å²) in [5.74, 6) is -3.80. The fourth-order valence-electron chi connectivity index (χ4n) is 2.60. The van der Waals surface area contributed by atoms with Gasteiger partial charge in [-0.1, -0.05) is 0 Å². The van der Waals surface area contributed by atoms with Gasteiger partial charge in [-0.25, -0.2) is 8.78 Å². The summed E-state index contributed by atoms with van der Waals surface area (Å²) in [6.07, 6.45) is 1.06. The lowest BCUT2D eigenvalue weighted by atomic mass is 9.90. The summed E-state index contributed by atoms with van der Waals surface area (Å²) >= 11 is 0. The zero-order chi connectivity index (χ0) is 14.9. The molecular formula is C14H15F2NO3. The Balaban J connectivity index is 2.25. The second-order valence-electron chi connectivity index (χ2n) is 4.98. The number of benzene rings is 1. The van der Waals surface area contributed by atoms with Gasteiger partial charge in [0.25, 0.3) is 5.91 Å². The number of carbonyl (C=O) groups excluding carboxylic acids is 1. The lowest BCUT2D eigenvalue weighted by Gasteiger charge is -2.37. The Morgan fingerprint density at radius 1 is 1.25 bits per heavy atom.